The van der Waals surface area contributed by atoms with Gasteiger partial charge >= 0.3 is 0 Å². The third-order valence-electron chi connectivity index (χ3n) is 29.7. The number of benzene rings is 10. The Morgan fingerprint density at radius 1 is 0.205 bits per heavy atom. The maximum Gasteiger partial charge on any atom is 0.135 e. The summed E-state index contributed by atoms with van der Waals surface area (Å²) in [7, 11) is 0. The van der Waals surface area contributed by atoms with E-state index < -0.39 is 21.7 Å². The van der Waals surface area contributed by atoms with Crippen LogP contribution in [0.25, 0.3) is 44.5 Å². The monoisotopic (exact) mass is 1760 g/mol. The zero-order chi connectivity index (χ0) is 91.2. The molecule has 0 aliphatic heterocycles. The molecular formula is C124H144O8. The average Bonchev–Trinajstić information content (AvgIpc) is 1.59. The molecule has 0 saturated heterocycles. The van der Waals surface area contributed by atoms with E-state index in [1.54, 1.807) is 0 Å². The summed E-state index contributed by atoms with van der Waals surface area (Å²) >= 11 is 0. The smallest absolute Gasteiger partial charge is 0.135 e. The quantitative estimate of drug-likeness (QED) is 0.0220. The molecule has 0 fully saturated rings. The van der Waals surface area contributed by atoms with Crippen molar-refractivity contribution in [2.24, 2.45) is 0 Å². The van der Waals surface area contributed by atoms with Crippen LogP contribution in [-0.2, 0) is 73.0 Å². The maximum absolute atomic E-state index is 11.6. The van der Waals surface area contributed by atoms with Crippen molar-refractivity contribution in [2.75, 3.05) is 52.9 Å². The molecule has 44 rings (SSSR count). The molecule has 0 heterocycles. The van der Waals surface area contributed by atoms with E-state index in [0.717, 1.165) is 215 Å². The van der Waals surface area contributed by atoms with Gasteiger partial charge in [-0.05, 0) is 284 Å². The Labute approximate surface area is 791 Å². The van der Waals surface area contributed by atoms with Crippen LogP contribution in [-0.4, -0.2) is 73.3 Å². The summed E-state index contributed by atoms with van der Waals surface area (Å²) in [6, 6.07) is 70.3. The molecule has 10 aromatic rings. The molecule has 0 amide bonds. The number of aliphatic hydroxyl groups is 4. The van der Waals surface area contributed by atoms with Crippen LogP contribution in [0.5, 0.6) is 23.0 Å². The van der Waals surface area contributed by atoms with Gasteiger partial charge in [0.1, 0.15) is 23.0 Å². The van der Waals surface area contributed by atoms with E-state index in [4.69, 9.17) is 18.9 Å². The maximum atomic E-state index is 11.6. The van der Waals surface area contributed by atoms with Gasteiger partial charge in [0.2, 0.25) is 0 Å². The molecule has 0 aromatic heterocycles. The number of rotatable bonds is 44. The topological polar surface area (TPSA) is 118 Å². The third kappa shape index (κ3) is 24.2. The number of hydrogen-bond donors (Lipinski definition) is 4. The predicted molar refractivity (Wildman–Crippen MR) is 545 cm³/mol. The van der Waals surface area contributed by atoms with Gasteiger partial charge in [-0.3, -0.25) is 0 Å². The standard InChI is InChI=1S/C124H144O8/c1-5-9-13-17-21-25-29-37-69-129-117-77-101-49-45-97(117)41-33-34-42-98-46-50-102(78-118(98)130-70-38-30-26-22-18-14-10-6-2)94-55-63-114(64-56-94)123(91-127)85-109-75-111-87-124(92-128,88-112(111)76-110(109)86-123)116-67-59-96(60-68-116)104-52-48-100(120(80-104)132-72-40-32-28-24-20-16-12-8-4)44-36-35-43-99-47-51-103(79-119(99)131-71-39-31-27-23-19-15-11-7-3)95-57-65-115(66-58-95)122(90-126)83-107-73-105-81-121(89-125,82-106(105)74-108(107)84-122)113-61-53-93(101)54-62-113/h45-68,73-80,125-128H,5-32,37-40,69-72,81-92H2,1-4H3. The van der Waals surface area contributed by atoms with Crippen LogP contribution in [0.3, 0.4) is 0 Å². The summed E-state index contributed by atoms with van der Waals surface area (Å²) in [5.41, 5.74) is 24.4. The van der Waals surface area contributed by atoms with Crippen LogP contribution in [0.2, 0.25) is 0 Å². The van der Waals surface area contributed by atoms with E-state index >= 15 is 0 Å². The Bertz CT molecular complexity index is 4950. The largest absolute Gasteiger partial charge is 0.492 e. The highest BCUT2D eigenvalue weighted by molar-refractivity contribution is 5.74. The normalized spacial score (nSPS) is 17.6. The molecule has 8 nitrogen and oxygen atoms in total. The number of aliphatic hydroxyl groups excluding tert-OH is 4. The van der Waals surface area contributed by atoms with Crippen LogP contribution in [0.1, 0.15) is 322 Å². The molecule has 8 heteroatoms. The molecule has 0 radical (unpaired) electrons. The van der Waals surface area contributed by atoms with Crippen LogP contribution in [0, 0.1) is 47.4 Å². The lowest BCUT2D eigenvalue weighted by molar-refractivity contribution is 0.197. The van der Waals surface area contributed by atoms with Crippen molar-refractivity contribution in [3.05, 3.63) is 283 Å². The van der Waals surface area contributed by atoms with E-state index in [2.05, 4.69) is 269 Å². The van der Waals surface area contributed by atoms with Gasteiger partial charge in [0.05, 0.1) is 75.1 Å². The van der Waals surface area contributed by atoms with E-state index in [0.29, 0.717) is 26.4 Å². The Morgan fingerprint density at radius 3 is 0.545 bits per heavy atom. The van der Waals surface area contributed by atoms with Crippen molar-refractivity contribution in [1.82, 2.24) is 0 Å². The highest BCUT2D eigenvalue weighted by Gasteiger charge is 2.45. The fourth-order valence-corrected chi connectivity index (χ4v) is 21.5. The lowest BCUT2D eigenvalue weighted by atomic mass is 9.77. The van der Waals surface area contributed by atoms with E-state index in [-0.39, 0.29) is 26.4 Å². The second kappa shape index (κ2) is 47.9. The lowest BCUT2D eigenvalue weighted by Crippen LogP contribution is -2.32. The van der Waals surface area contributed by atoms with Crippen molar-refractivity contribution in [3.63, 3.8) is 0 Å². The molecule has 34 aliphatic rings. The Morgan fingerprint density at radius 2 is 0.371 bits per heavy atom. The molecule has 28 bridgehead atoms. The summed E-state index contributed by atoms with van der Waals surface area (Å²) in [6.07, 6.45) is 44.6. The third-order valence-corrected chi connectivity index (χ3v) is 29.7. The predicted octanol–water partition coefficient (Wildman–Crippen LogP) is 27.7. The summed E-state index contributed by atoms with van der Waals surface area (Å²) in [5, 5.41) is 46.2. The zero-order valence-corrected chi connectivity index (χ0v) is 79.8. The first-order valence-electron chi connectivity index (χ1n) is 51.2. The highest BCUT2D eigenvalue weighted by atomic mass is 16.5. The number of hydrogen-bond acceptors (Lipinski definition) is 8. The summed E-state index contributed by atoms with van der Waals surface area (Å²) < 4.78 is 26.9. The molecule has 4 N–H and O–H groups in total. The zero-order valence-electron chi connectivity index (χ0n) is 79.8. The highest BCUT2D eigenvalue weighted by Crippen LogP contribution is 2.50. The fraction of sp³-hybridized carbons (Fsp3) is 0.452. The van der Waals surface area contributed by atoms with Crippen molar-refractivity contribution < 1.29 is 39.4 Å². The number of unbranched alkanes of at least 4 members (excludes halogenated alkanes) is 28. The van der Waals surface area contributed by atoms with Gasteiger partial charge in [0, 0.05) is 21.7 Å². The van der Waals surface area contributed by atoms with Crippen molar-refractivity contribution in [2.45, 2.75) is 306 Å². The fourth-order valence-electron chi connectivity index (χ4n) is 21.5. The molecule has 0 unspecified atom stereocenters. The minimum atomic E-state index is -0.469. The summed E-state index contributed by atoms with van der Waals surface area (Å²) in [4.78, 5) is 0. The Kier molecular flexibility index (Phi) is 34.9. The summed E-state index contributed by atoms with van der Waals surface area (Å²) in [5.74, 6) is 29.7. The minimum absolute atomic E-state index is 0.0271. The average molecular weight is 1760 g/mol. The van der Waals surface area contributed by atoms with E-state index in [1.807, 2.05) is 0 Å². The molecule has 0 saturated carbocycles. The van der Waals surface area contributed by atoms with Gasteiger partial charge in [-0.2, -0.15) is 0 Å². The van der Waals surface area contributed by atoms with E-state index in [9.17, 15) is 20.4 Å². The van der Waals surface area contributed by atoms with Gasteiger partial charge in [-0.15, -0.1) is 0 Å². The van der Waals surface area contributed by atoms with Crippen LogP contribution >= 0.6 is 0 Å². The molecule has 0 atom stereocenters. The molecule has 0 spiro atoms. The van der Waals surface area contributed by atoms with Gasteiger partial charge in [-0.1, -0.05) is 353 Å². The van der Waals surface area contributed by atoms with Crippen molar-refractivity contribution >= 4 is 0 Å². The minimum Gasteiger partial charge on any atom is -0.492 e. The van der Waals surface area contributed by atoms with Gasteiger partial charge in [0.25, 0.3) is 0 Å². The Balaban J connectivity index is 0.735. The lowest BCUT2D eigenvalue weighted by Gasteiger charge is -2.28. The molecule has 132 heavy (non-hydrogen) atoms. The van der Waals surface area contributed by atoms with Crippen LogP contribution in [0.4, 0.5) is 0 Å². The van der Waals surface area contributed by atoms with Crippen LogP contribution < -0.4 is 18.9 Å². The molecule has 10 aromatic carbocycles. The van der Waals surface area contributed by atoms with Crippen LogP contribution in [0.15, 0.2) is 194 Å². The van der Waals surface area contributed by atoms with Crippen molar-refractivity contribution in [1.29, 1.82) is 0 Å². The first-order valence-corrected chi connectivity index (χ1v) is 51.2. The molecule has 688 valence electrons. The van der Waals surface area contributed by atoms with Gasteiger partial charge < -0.3 is 39.4 Å². The van der Waals surface area contributed by atoms with E-state index in [1.165, 1.54) is 199 Å². The van der Waals surface area contributed by atoms with Crippen molar-refractivity contribution in [3.8, 4) is 115 Å². The molecule has 34 aliphatic carbocycles. The SMILES string of the molecule is CCCCCCCCCCOc1cc2ccc1C#CC#Cc1ccc(cc1OCCCCCCCCCC)-c1ccc(cc1)C1(CO)Cc3cc4c(cc3C1)CC(CO)(C4)c1ccc(cc1)-c1ccc(c(OCCCCCCCCCC)c1)C#CC#Cc1ccc(cc1OCCCCCCCCCC)-c1ccc(cc1)C1(CO)Cc3cc4c(cc3C1)CC(CO)(C4)c1ccc-2cc1. The first kappa shape index (κ1) is 96.1. The number of ether oxygens (including phenoxy) is 4. The second-order valence-corrected chi connectivity index (χ2v) is 39.4. The Hall–Kier alpha value is -10.5. The van der Waals surface area contributed by atoms with Gasteiger partial charge in [0.15, 0.2) is 0 Å². The summed E-state index contributed by atoms with van der Waals surface area (Å²) in [6.45, 7) is 11.6. The first-order chi connectivity index (χ1) is 64.9. The second-order valence-electron chi connectivity index (χ2n) is 39.4. The molecular weight excluding hydrogens is 1620 g/mol. The van der Waals surface area contributed by atoms with Gasteiger partial charge in [-0.25, -0.2) is 0 Å².